The minimum atomic E-state index is -0.830. The molecule has 3 atom stereocenters. The van der Waals surface area contributed by atoms with Gasteiger partial charge < -0.3 is 9.80 Å². The largest absolute Gasteiger partial charge is 0.342 e. The number of rotatable bonds is 3. The Bertz CT molecular complexity index is 1160. The lowest BCUT2D eigenvalue weighted by molar-refractivity contribution is -0.140. The fourth-order valence-corrected chi connectivity index (χ4v) is 6.75. The number of carbonyl (C=O) groups excluding carboxylic acids is 2. The summed E-state index contributed by atoms with van der Waals surface area (Å²) in [5.41, 5.74) is 6.83. The van der Waals surface area contributed by atoms with Crippen LogP contribution in [0.25, 0.3) is 0 Å². The van der Waals surface area contributed by atoms with Gasteiger partial charge in [0.05, 0.1) is 12.4 Å². The maximum absolute atomic E-state index is 14.8. The van der Waals surface area contributed by atoms with Gasteiger partial charge in [0.2, 0.25) is 5.91 Å². The zero-order valence-electron chi connectivity index (χ0n) is 20.1. The quantitative estimate of drug-likeness (QED) is 0.660. The first kappa shape index (κ1) is 23.7. The van der Waals surface area contributed by atoms with E-state index in [1.807, 2.05) is 35.2 Å². The van der Waals surface area contributed by atoms with Crippen LogP contribution in [0.4, 0.5) is 15.8 Å². The number of likely N-dealkylation sites (tertiary alicyclic amines) is 1. The molecule has 36 heavy (non-hydrogen) atoms. The lowest BCUT2D eigenvalue weighted by Crippen LogP contribution is -2.58. The predicted molar refractivity (Wildman–Crippen MR) is 137 cm³/mol. The van der Waals surface area contributed by atoms with Crippen molar-refractivity contribution in [2.45, 2.75) is 43.7 Å². The second-order valence-electron chi connectivity index (χ2n) is 10.5. The normalized spacial score (nSPS) is 27.6. The van der Waals surface area contributed by atoms with Crippen molar-refractivity contribution < 1.29 is 14.0 Å². The number of hydrogen-bond donors (Lipinski definition) is 2. The van der Waals surface area contributed by atoms with Crippen LogP contribution in [0, 0.1) is 17.7 Å². The van der Waals surface area contributed by atoms with Gasteiger partial charge in [0.15, 0.2) is 0 Å². The van der Waals surface area contributed by atoms with E-state index in [9.17, 15) is 14.0 Å². The van der Waals surface area contributed by atoms with Crippen LogP contribution in [0.5, 0.6) is 0 Å². The maximum Gasteiger partial charge on any atom is 0.254 e. The smallest absolute Gasteiger partial charge is 0.254 e. The molecule has 190 valence electrons. The summed E-state index contributed by atoms with van der Waals surface area (Å²) in [6.07, 6.45) is 3.82. The van der Waals surface area contributed by atoms with Gasteiger partial charge in [-0.1, -0.05) is 29.8 Å². The third-order valence-electron chi connectivity index (χ3n) is 8.60. The monoisotopic (exact) mass is 511 g/mol. The number of fused-ring (bicyclic) bond motifs is 1. The first-order chi connectivity index (χ1) is 17.5. The highest BCUT2D eigenvalue weighted by atomic mass is 35.5. The molecule has 2 amide bonds. The van der Waals surface area contributed by atoms with Gasteiger partial charge in [-0.25, -0.2) is 4.39 Å². The van der Waals surface area contributed by atoms with Gasteiger partial charge in [-0.2, -0.15) is 0 Å². The van der Waals surface area contributed by atoms with E-state index in [-0.39, 0.29) is 30.1 Å². The van der Waals surface area contributed by atoms with E-state index in [0.717, 1.165) is 31.5 Å². The molecule has 7 nitrogen and oxygen atoms in total. The third kappa shape index (κ3) is 3.96. The first-order valence-corrected chi connectivity index (χ1v) is 13.2. The van der Waals surface area contributed by atoms with E-state index in [1.165, 1.54) is 23.1 Å². The Kier molecular flexibility index (Phi) is 6.14. The number of nitrogens with one attached hydrogen (secondary N) is 2. The molecular weight excluding hydrogens is 481 g/mol. The SMILES string of the molecule is O=C(C1CCC2NNCC2C1)N1CCC2(CC1)C(=O)N(c1cc(Cl)ccc1F)CN2c1ccccc1. The molecule has 3 unspecified atom stereocenters. The molecule has 3 heterocycles. The van der Waals surface area contributed by atoms with Gasteiger partial charge in [-0.05, 0) is 68.4 Å². The van der Waals surface area contributed by atoms with Crippen LogP contribution in [0.1, 0.15) is 32.1 Å². The number of amides is 2. The minimum Gasteiger partial charge on any atom is -0.342 e. The van der Waals surface area contributed by atoms with Crippen molar-refractivity contribution in [3.8, 4) is 0 Å². The number of para-hydroxylation sites is 1. The molecule has 4 fully saturated rings. The second-order valence-corrected chi connectivity index (χ2v) is 10.9. The molecule has 0 aromatic heterocycles. The van der Waals surface area contributed by atoms with Crippen LogP contribution in [-0.2, 0) is 9.59 Å². The minimum absolute atomic E-state index is 0.0450. The summed E-state index contributed by atoms with van der Waals surface area (Å²) in [5.74, 6) is 0.142. The number of hydrazine groups is 1. The zero-order valence-corrected chi connectivity index (χ0v) is 20.9. The predicted octanol–water partition coefficient (Wildman–Crippen LogP) is 3.54. The van der Waals surface area contributed by atoms with Gasteiger partial charge >= 0.3 is 0 Å². The van der Waals surface area contributed by atoms with Crippen LogP contribution in [0.15, 0.2) is 48.5 Å². The Balaban J connectivity index is 1.24. The van der Waals surface area contributed by atoms with E-state index in [4.69, 9.17) is 11.6 Å². The average Bonchev–Trinajstić information content (AvgIpc) is 3.49. The zero-order chi connectivity index (χ0) is 24.9. The summed E-state index contributed by atoms with van der Waals surface area (Å²) < 4.78 is 14.8. The van der Waals surface area contributed by atoms with Gasteiger partial charge in [-0.15, -0.1) is 0 Å². The fraction of sp³-hybridized carbons (Fsp3) is 0.481. The molecule has 1 aliphatic carbocycles. The lowest BCUT2D eigenvalue weighted by Gasteiger charge is -2.44. The van der Waals surface area contributed by atoms with E-state index in [1.54, 1.807) is 0 Å². The molecule has 0 bridgehead atoms. The summed E-state index contributed by atoms with van der Waals surface area (Å²) >= 11 is 6.16. The molecule has 1 saturated carbocycles. The van der Waals surface area contributed by atoms with Gasteiger partial charge in [0.1, 0.15) is 11.4 Å². The summed E-state index contributed by atoms with van der Waals surface area (Å²) in [6, 6.07) is 14.5. The number of hydrogen-bond acceptors (Lipinski definition) is 5. The Hall–Kier alpha value is -2.68. The van der Waals surface area contributed by atoms with E-state index < -0.39 is 11.4 Å². The highest BCUT2D eigenvalue weighted by molar-refractivity contribution is 6.31. The summed E-state index contributed by atoms with van der Waals surface area (Å²) in [7, 11) is 0. The Morgan fingerprint density at radius 2 is 1.86 bits per heavy atom. The van der Waals surface area contributed by atoms with Crippen molar-refractivity contribution in [1.29, 1.82) is 0 Å². The number of halogens is 2. The molecule has 6 rings (SSSR count). The maximum atomic E-state index is 14.8. The van der Waals surface area contributed by atoms with Crippen LogP contribution < -0.4 is 20.7 Å². The number of benzene rings is 2. The molecule has 2 aromatic carbocycles. The highest BCUT2D eigenvalue weighted by Gasteiger charge is 2.55. The molecule has 4 aliphatic rings. The molecule has 1 spiro atoms. The molecule has 2 N–H and O–H groups in total. The van der Waals surface area contributed by atoms with Crippen molar-refractivity contribution in [3.63, 3.8) is 0 Å². The molecule has 3 aliphatic heterocycles. The molecule has 2 aromatic rings. The second kappa shape index (κ2) is 9.32. The van der Waals surface area contributed by atoms with Crippen molar-refractivity contribution in [3.05, 3.63) is 59.4 Å². The Labute approximate surface area is 215 Å². The van der Waals surface area contributed by atoms with Crippen molar-refractivity contribution >= 4 is 34.8 Å². The van der Waals surface area contributed by atoms with E-state index in [0.29, 0.717) is 42.9 Å². The topological polar surface area (TPSA) is 67.9 Å². The van der Waals surface area contributed by atoms with Crippen molar-refractivity contribution in [2.75, 3.05) is 36.1 Å². The first-order valence-electron chi connectivity index (χ1n) is 12.8. The summed E-state index contributed by atoms with van der Waals surface area (Å²) in [6.45, 7) is 2.18. The fourth-order valence-electron chi connectivity index (χ4n) is 6.59. The highest BCUT2D eigenvalue weighted by Crippen LogP contribution is 2.43. The van der Waals surface area contributed by atoms with E-state index >= 15 is 0 Å². The molecular formula is C27H31ClFN5O2. The van der Waals surface area contributed by atoms with Crippen LogP contribution in [0.3, 0.4) is 0 Å². The van der Waals surface area contributed by atoms with Crippen molar-refractivity contribution in [2.24, 2.45) is 11.8 Å². The molecule has 3 saturated heterocycles. The standard InChI is InChI=1S/C27H31ClFN5O2/c28-20-7-8-22(29)24(15-20)33-17-34(21-4-2-1-3-5-21)27(26(33)36)10-12-32(13-11-27)25(35)18-6-9-23-19(14-18)16-30-31-23/h1-5,7-8,15,18-19,23,30-31H,6,9-14,16-17H2. The summed E-state index contributed by atoms with van der Waals surface area (Å²) in [4.78, 5) is 33.0. The van der Waals surface area contributed by atoms with Crippen LogP contribution >= 0.6 is 11.6 Å². The van der Waals surface area contributed by atoms with Crippen LogP contribution in [0.2, 0.25) is 5.02 Å². The Morgan fingerprint density at radius 1 is 1.08 bits per heavy atom. The molecule has 0 radical (unpaired) electrons. The van der Waals surface area contributed by atoms with Crippen molar-refractivity contribution in [1.82, 2.24) is 15.8 Å². The number of nitrogens with zero attached hydrogens (tertiary/aromatic N) is 3. The Morgan fingerprint density at radius 3 is 2.64 bits per heavy atom. The van der Waals surface area contributed by atoms with E-state index in [2.05, 4.69) is 15.8 Å². The number of carbonyl (C=O) groups is 2. The van der Waals surface area contributed by atoms with Crippen LogP contribution in [-0.4, -0.2) is 54.6 Å². The van der Waals surface area contributed by atoms with Gasteiger partial charge in [0.25, 0.3) is 5.91 Å². The third-order valence-corrected chi connectivity index (χ3v) is 8.83. The number of anilines is 2. The van der Waals surface area contributed by atoms with Gasteiger partial charge in [0, 0.05) is 42.3 Å². The lowest BCUT2D eigenvalue weighted by atomic mass is 9.77. The number of piperidine rings is 1. The average molecular weight is 512 g/mol. The van der Waals surface area contributed by atoms with Gasteiger partial charge in [-0.3, -0.25) is 25.3 Å². The molecule has 9 heteroatoms. The summed E-state index contributed by atoms with van der Waals surface area (Å²) in [5, 5.41) is 0.384.